The normalized spacial score (nSPS) is 15.1. The number of carbonyl (C=O) groups is 1. The van der Waals surface area contributed by atoms with Crippen LogP contribution in [0, 0.1) is 0 Å². The van der Waals surface area contributed by atoms with Gasteiger partial charge in [0.1, 0.15) is 5.58 Å². The summed E-state index contributed by atoms with van der Waals surface area (Å²) in [5, 5.41) is 3.61. The molecule has 0 aliphatic heterocycles. The number of hydrogen-bond acceptors (Lipinski definition) is 6. The number of ether oxygens (including phenoxy) is 2. The molecule has 1 aliphatic carbocycles. The predicted octanol–water partition coefficient (Wildman–Crippen LogP) is 3.72. The van der Waals surface area contributed by atoms with E-state index in [0.717, 1.165) is 31.4 Å². The summed E-state index contributed by atoms with van der Waals surface area (Å²) in [6, 6.07) is 5.37. The lowest BCUT2D eigenvalue weighted by Crippen LogP contribution is -2.24. The van der Waals surface area contributed by atoms with E-state index in [4.69, 9.17) is 13.9 Å². The summed E-state index contributed by atoms with van der Waals surface area (Å²) in [6.45, 7) is 1.87. The predicted molar refractivity (Wildman–Crippen MR) is 95.5 cm³/mol. The largest absolute Gasteiger partial charge is 0.488 e. The highest BCUT2D eigenvalue weighted by Crippen LogP contribution is 2.33. The Kier molecular flexibility index (Phi) is 5.26. The summed E-state index contributed by atoms with van der Waals surface area (Å²) in [5.41, 5.74) is 0.306. The second-order valence-corrected chi connectivity index (χ2v) is 6.15. The van der Waals surface area contributed by atoms with Crippen molar-refractivity contribution in [3.05, 3.63) is 34.2 Å². The van der Waals surface area contributed by atoms with Gasteiger partial charge in [-0.05, 0) is 44.7 Å². The quantitative estimate of drug-likeness (QED) is 0.657. The minimum atomic E-state index is -0.731. The SMILES string of the molecule is CCOC(=O)c1c(OC2CCCCC2)c2ccc(NC)cc2oc1=O. The Bertz CT molecular complexity index is 820. The molecule has 0 unspecified atom stereocenters. The number of benzene rings is 1. The van der Waals surface area contributed by atoms with Crippen LogP contribution in [0.5, 0.6) is 5.75 Å². The van der Waals surface area contributed by atoms with Gasteiger partial charge in [-0.3, -0.25) is 0 Å². The number of anilines is 1. The van der Waals surface area contributed by atoms with Gasteiger partial charge >= 0.3 is 11.6 Å². The van der Waals surface area contributed by atoms with Crippen molar-refractivity contribution in [2.45, 2.75) is 45.1 Å². The van der Waals surface area contributed by atoms with Crippen LogP contribution in [0.4, 0.5) is 5.69 Å². The van der Waals surface area contributed by atoms with Gasteiger partial charge < -0.3 is 19.2 Å². The minimum absolute atomic E-state index is 0.00379. The first-order valence-corrected chi connectivity index (χ1v) is 8.76. The first-order chi connectivity index (χ1) is 12.1. The molecule has 25 heavy (non-hydrogen) atoms. The molecule has 1 aliphatic rings. The molecule has 1 aromatic carbocycles. The lowest BCUT2D eigenvalue weighted by atomic mass is 9.97. The second kappa shape index (κ2) is 7.59. The fraction of sp³-hybridized carbons (Fsp3) is 0.474. The number of rotatable bonds is 5. The van der Waals surface area contributed by atoms with Gasteiger partial charge in [0.25, 0.3) is 0 Å². The first kappa shape index (κ1) is 17.3. The molecule has 0 atom stereocenters. The average Bonchev–Trinajstić information content (AvgIpc) is 2.62. The topological polar surface area (TPSA) is 77.8 Å². The number of fused-ring (bicyclic) bond motifs is 1. The molecule has 0 bridgehead atoms. The van der Waals surface area contributed by atoms with Gasteiger partial charge in [0.15, 0.2) is 11.3 Å². The van der Waals surface area contributed by atoms with Crippen LogP contribution < -0.4 is 15.7 Å². The Labute approximate surface area is 146 Å². The molecule has 1 N–H and O–H groups in total. The van der Waals surface area contributed by atoms with Gasteiger partial charge in [0.05, 0.1) is 18.1 Å². The Hall–Kier alpha value is -2.50. The number of carbonyl (C=O) groups excluding carboxylic acids is 1. The molecule has 0 radical (unpaired) electrons. The maximum atomic E-state index is 12.4. The van der Waals surface area contributed by atoms with Gasteiger partial charge in [-0.25, -0.2) is 9.59 Å². The molecule has 6 heteroatoms. The number of nitrogens with one attached hydrogen (secondary N) is 1. The highest BCUT2D eigenvalue weighted by atomic mass is 16.5. The lowest BCUT2D eigenvalue weighted by molar-refractivity contribution is 0.0511. The van der Waals surface area contributed by atoms with E-state index in [2.05, 4.69) is 5.32 Å². The van der Waals surface area contributed by atoms with Crippen molar-refractivity contribution >= 4 is 22.6 Å². The van der Waals surface area contributed by atoms with Gasteiger partial charge in [-0.1, -0.05) is 6.42 Å². The van der Waals surface area contributed by atoms with Crippen molar-refractivity contribution in [3.63, 3.8) is 0 Å². The van der Waals surface area contributed by atoms with E-state index in [0.29, 0.717) is 11.0 Å². The van der Waals surface area contributed by atoms with Crippen molar-refractivity contribution in [2.75, 3.05) is 19.0 Å². The summed E-state index contributed by atoms with van der Waals surface area (Å²) < 4.78 is 16.5. The van der Waals surface area contributed by atoms with Crippen LogP contribution in [-0.2, 0) is 4.74 Å². The second-order valence-electron chi connectivity index (χ2n) is 6.15. The van der Waals surface area contributed by atoms with Gasteiger partial charge in [0.2, 0.25) is 0 Å². The van der Waals surface area contributed by atoms with E-state index in [1.165, 1.54) is 6.42 Å². The Morgan fingerprint density at radius 3 is 2.72 bits per heavy atom. The van der Waals surface area contributed by atoms with Crippen LogP contribution >= 0.6 is 0 Å². The monoisotopic (exact) mass is 345 g/mol. The Balaban J connectivity index is 2.14. The van der Waals surface area contributed by atoms with E-state index in [1.807, 2.05) is 6.07 Å². The van der Waals surface area contributed by atoms with E-state index in [-0.39, 0.29) is 24.0 Å². The third kappa shape index (κ3) is 3.62. The third-order valence-electron chi connectivity index (χ3n) is 4.47. The summed E-state index contributed by atoms with van der Waals surface area (Å²) in [6.07, 6.45) is 5.19. The molecule has 0 spiro atoms. The summed E-state index contributed by atoms with van der Waals surface area (Å²) in [4.78, 5) is 24.8. The third-order valence-corrected chi connectivity index (χ3v) is 4.47. The van der Waals surface area contributed by atoms with Crippen LogP contribution in [0.1, 0.15) is 49.4 Å². The summed E-state index contributed by atoms with van der Waals surface area (Å²) in [5.74, 6) is -0.430. The maximum Gasteiger partial charge on any atom is 0.354 e. The minimum Gasteiger partial charge on any atom is -0.488 e. The summed E-state index contributed by atoms with van der Waals surface area (Å²) in [7, 11) is 1.78. The summed E-state index contributed by atoms with van der Waals surface area (Å²) >= 11 is 0. The zero-order valence-electron chi connectivity index (χ0n) is 14.6. The standard InChI is InChI=1S/C19H23NO5/c1-3-23-18(21)16-17(24-13-7-5-4-6-8-13)14-10-9-12(20-2)11-15(14)25-19(16)22/h9-11,13,20H,3-8H2,1-2H3. The van der Waals surface area contributed by atoms with Crippen molar-refractivity contribution in [1.29, 1.82) is 0 Å². The molecule has 2 aromatic rings. The highest BCUT2D eigenvalue weighted by molar-refractivity contribution is 5.99. The van der Waals surface area contributed by atoms with Crippen molar-refractivity contribution in [1.82, 2.24) is 0 Å². The van der Waals surface area contributed by atoms with Gasteiger partial charge in [-0.15, -0.1) is 0 Å². The molecule has 6 nitrogen and oxygen atoms in total. The zero-order valence-corrected chi connectivity index (χ0v) is 14.6. The Morgan fingerprint density at radius 2 is 2.04 bits per heavy atom. The molecule has 1 heterocycles. The molecule has 0 saturated heterocycles. The van der Waals surface area contributed by atoms with Gasteiger partial charge in [0, 0.05) is 18.8 Å². The fourth-order valence-electron chi connectivity index (χ4n) is 3.18. The van der Waals surface area contributed by atoms with Crippen LogP contribution in [0.25, 0.3) is 11.0 Å². The van der Waals surface area contributed by atoms with E-state index in [9.17, 15) is 9.59 Å². The van der Waals surface area contributed by atoms with Crippen LogP contribution in [0.2, 0.25) is 0 Å². The molecule has 1 aromatic heterocycles. The van der Waals surface area contributed by atoms with Crippen LogP contribution in [0.3, 0.4) is 0 Å². The molecule has 134 valence electrons. The molecule has 1 saturated carbocycles. The molecule has 3 rings (SSSR count). The number of esters is 1. The van der Waals surface area contributed by atoms with Gasteiger partial charge in [-0.2, -0.15) is 0 Å². The smallest absolute Gasteiger partial charge is 0.354 e. The van der Waals surface area contributed by atoms with E-state index >= 15 is 0 Å². The number of hydrogen-bond donors (Lipinski definition) is 1. The van der Waals surface area contributed by atoms with E-state index in [1.54, 1.807) is 26.1 Å². The Morgan fingerprint density at radius 1 is 1.28 bits per heavy atom. The van der Waals surface area contributed by atoms with Crippen LogP contribution in [-0.4, -0.2) is 25.7 Å². The van der Waals surface area contributed by atoms with E-state index < -0.39 is 11.6 Å². The van der Waals surface area contributed by atoms with Crippen molar-refractivity contribution < 1.29 is 18.7 Å². The maximum absolute atomic E-state index is 12.4. The first-order valence-electron chi connectivity index (χ1n) is 8.76. The lowest BCUT2D eigenvalue weighted by Gasteiger charge is -2.24. The van der Waals surface area contributed by atoms with Crippen molar-refractivity contribution in [3.8, 4) is 5.75 Å². The molecule has 1 fully saturated rings. The van der Waals surface area contributed by atoms with Crippen molar-refractivity contribution in [2.24, 2.45) is 0 Å². The molecule has 0 amide bonds. The fourth-order valence-corrected chi connectivity index (χ4v) is 3.18. The zero-order chi connectivity index (χ0) is 17.8. The average molecular weight is 345 g/mol. The highest BCUT2D eigenvalue weighted by Gasteiger charge is 2.26. The molecular weight excluding hydrogens is 322 g/mol. The van der Waals surface area contributed by atoms with Crippen LogP contribution in [0.15, 0.2) is 27.4 Å². The molecular formula is C19H23NO5.